The van der Waals surface area contributed by atoms with Crippen LogP contribution in [-0.2, 0) is 11.0 Å². The fraction of sp³-hybridized carbons (Fsp3) is 0.286. The number of thiophene rings is 1. The number of methoxy groups -OCH3 is 1. The first kappa shape index (κ1) is 29.0. The Balaban J connectivity index is 1.79. The van der Waals surface area contributed by atoms with Crippen LogP contribution in [0, 0.1) is 17.1 Å². The Kier molecular flexibility index (Phi) is 7.40. The summed E-state index contributed by atoms with van der Waals surface area (Å²) in [5.74, 6) is -1.21. The number of hydrogen-bond acceptors (Lipinski definition) is 8. The molecular formula is C28H23F5N6O2S. The summed E-state index contributed by atoms with van der Waals surface area (Å²) in [6, 6.07) is 4.96. The van der Waals surface area contributed by atoms with Gasteiger partial charge in [-0.3, -0.25) is 4.79 Å². The van der Waals surface area contributed by atoms with Gasteiger partial charge in [-0.2, -0.15) is 28.4 Å². The molecule has 1 aliphatic heterocycles. The van der Waals surface area contributed by atoms with Crippen LogP contribution in [0.15, 0.2) is 36.9 Å². The minimum Gasteiger partial charge on any atom is -0.467 e. The number of likely N-dealkylation sites (N-methyl/N-ethyl adjacent to an activating group) is 1. The van der Waals surface area contributed by atoms with Crippen molar-refractivity contribution in [3.63, 3.8) is 0 Å². The van der Waals surface area contributed by atoms with Crippen molar-refractivity contribution in [2.45, 2.75) is 25.3 Å². The number of amides is 1. The third-order valence-corrected chi connectivity index (χ3v) is 8.25. The van der Waals surface area contributed by atoms with Crippen molar-refractivity contribution in [1.82, 2.24) is 14.9 Å². The molecule has 2 atom stereocenters. The number of anilines is 2. The number of fused-ring (bicyclic) bond motifs is 2. The van der Waals surface area contributed by atoms with E-state index in [-0.39, 0.29) is 74.1 Å². The first-order valence-electron chi connectivity index (χ1n) is 12.6. The van der Waals surface area contributed by atoms with Gasteiger partial charge in [-0.1, -0.05) is 12.6 Å². The van der Waals surface area contributed by atoms with Crippen LogP contribution in [0.3, 0.4) is 0 Å². The first-order valence-corrected chi connectivity index (χ1v) is 13.4. The molecule has 0 radical (unpaired) electrons. The van der Waals surface area contributed by atoms with Gasteiger partial charge in [0.1, 0.15) is 28.9 Å². The Morgan fingerprint density at radius 2 is 2.05 bits per heavy atom. The molecule has 1 aliphatic rings. The molecule has 2 aromatic carbocycles. The number of carbonyl (C=O) groups excluding carboxylic acids is 1. The SMILES string of the molecule is C=CC(=O)N1CC(F)C(N(CC)c2nc(OC)nc3cc(-c4ccc(F)c5sc(N)c(C#N)c45)c(C(F)(F)F)cc23)C1. The van der Waals surface area contributed by atoms with Crippen molar-refractivity contribution < 1.29 is 31.5 Å². The van der Waals surface area contributed by atoms with Crippen molar-refractivity contribution in [2.24, 2.45) is 0 Å². The summed E-state index contributed by atoms with van der Waals surface area (Å²) in [6.45, 7) is 5.00. The summed E-state index contributed by atoms with van der Waals surface area (Å²) in [4.78, 5) is 23.5. The smallest absolute Gasteiger partial charge is 0.417 e. The Morgan fingerprint density at radius 1 is 1.31 bits per heavy atom. The van der Waals surface area contributed by atoms with Crippen LogP contribution in [0.25, 0.3) is 32.1 Å². The topological polar surface area (TPSA) is 108 Å². The number of nitrogens with zero attached hydrogens (tertiary/aromatic N) is 5. The molecule has 0 aliphatic carbocycles. The van der Waals surface area contributed by atoms with Crippen molar-refractivity contribution in [3.8, 4) is 23.2 Å². The standard InChI is InChI=1S/C28H23F5N6O2S/c1-4-22(40)38-11-19(30)21(12-38)39(5-2)26-15-8-17(28(31,32)33)14(9-20(15)36-27(37-26)41-3)13-6-7-18(29)24-23(13)16(10-34)25(35)42-24/h4,6-9,19,21H,1,5,11-12,35H2,2-3H3. The van der Waals surface area contributed by atoms with Gasteiger partial charge in [0, 0.05) is 23.9 Å². The molecule has 2 unspecified atom stereocenters. The van der Waals surface area contributed by atoms with E-state index in [1.54, 1.807) is 6.92 Å². The second kappa shape index (κ2) is 10.7. The molecule has 0 spiro atoms. The number of hydrogen-bond donors (Lipinski definition) is 1. The number of nitriles is 1. The lowest BCUT2D eigenvalue weighted by Crippen LogP contribution is -2.43. The highest BCUT2D eigenvalue weighted by atomic mass is 32.1. The number of carbonyl (C=O) groups is 1. The third kappa shape index (κ3) is 4.73. The lowest BCUT2D eigenvalue weighted by molar-refractivity contribution is -0.137. The second-order valence-electron chi connectivity index (χ2n) is 9.52. The maximum atomic E-state index is 15.3. The molecule has 1 saturated heterocycles. The van der Waals surface area contributed by atoms with Gasteiger partial charge < -0.3 is 20.3 Å². The van der Waals surface area contributed by atoms with E-state index in [1.807, 2.05) is 6.07 Å². The molecule has 14 heteroatoms. The predicted octanol–water partition coefficient (Wildman–Crippen LogP) is 5.69. The van der Waals surface area contributed by atoms with E-state index >= 15 is 4.39 Å². The monoisotopic (exact) mass is 602 g/mol. The van der Waals surface area contributed by atoms with E-state index in [1.165, 1.54) is 16.9 Å². The van der Waals surface area contributed by atoms with Crippen LogP contribution >= 0.6 is 11.3 Å². The summed E-state index contributed by atoms with van der Waals surface area (Å²) in [6.07, 6.45) is -5.36. The molecule has 0 bridgehead atoms. The minimum absolute atomic E-state index is 0.0151. The third-order valence-electron chi connectivity index (χ3n) is 7.22. The molecule has 8 nitrogen and oxygen atoms in total. The summed E-state index contributed by atoms with van der Waals surface area (Å²) in [5.41, 5.74) is 4.28. The maximum absolute atomic E-state index is 15.3. The Morgan fingerprint density at radius 3 is 2.67 bits per heavy atom. The van der Waals surface area contributed by atoms with E-state index in [9.17, 15) is 27.6 Å². The van der Waals surface area contributed by atoms with Gasteiger partial charge in [0.15, 0.2) is 0 Å². The molecule has 5 rings (SSSR count). The predicted molar refractivity (Wildman–Crippen MR) is 149 cm³/mol. The minimum atomic E-state index is -4.91. The van der Waals surface area contributed by atoms with Gasteiger partial charge in [-0.15, -0.1) is 11.3 Å². The number of rotatable bonds is 6. The van der Waals surface area contributed by atoms with Crippen LogP contribution in [0.5, 0.6) is 6.01 Å². The molecule has 2 N–H and O–H groups in total. The second-order valence-corrected chi connectivity index (χ2v) is 10.6. The molecule has 3 heterocycles. The first-order chi connectivity index (χ1) is 19.9. The zero-order valence-corrected chi connectivity index (χ0v) is 23.1. The van der Waals surface area contributed by atoms with Gasteiger partial charge in [0.2, 0.25) is 5.91 Å². The van der Waals surface area contributed by atoms with E-state index in [0.29, 0.717) is 0 Å². The summed E-state index contributed by atoms with van der Waals surface area (Å²) >= 11 is 0.766. The Labute approximate surface area is 240 Å². The van der Waals surface area contributed by atoms with Gasteiger partial charge in [0.25, 0.3) is 0 Å². The molecule has 42 heavy (non-hydrogen) atoms. The molecule has 2 aromatic heterocycles. The van der Waals surface area contributed by atoms with Crippen LogP contribution in [-0.4, -0.2) is 59.7 Å². The fourth-order valence-corrected chi connectivity index (χ4v) is 6.27. The number of benzene rings is 2. The Bertz CT molecular complexity index is 1780. The van der Waals surface area contributed by atoms with Crippen molar-refractivity contribution in [1.29, 1.82) is 5.26 Å². The van der Waals surface area contributed by atoms with Crippen LogP contribution in [0.2, 0.25) is 0 Å². The number of halogens is 5. The van der Waals surface area contributed by atoms with E-state index in [4.69, 9.17) is 10.5 Å². The fourth-order valence-electron chi connectivity index (χ4n) is 5.32. The van der Waals surface area contributed by atoms with Crippen LogP contribution in [0.1, 0.15) is 18.1 Å². The molecule has 218 valence electrons. The van der Waals surface area contributed by atoms with Crippen molar-refractivity contribution in [2.75, 3.05) is 37.4 Å². The maximum Gasteiger partial charge on any atom is 0.417 e. The lowest BCUT2D eigenvalue weighted by atomic mass is 9.93. The highest BCUT2D eigenvalue weighted by molar-refractivity contribution is 7.23. The summed E-state index contributed by atoms with van der Waals surface area (Å²) in [5, 5.41) is 9.57. The van der Waals surface area contributed by atoms with Crippen LogP contribution < -0.4 is 15.4 Å². The van der Waals surface area contributed by atoms with E-state index in [0.717, 1.165) is 41.7 Å². The highest BCUT2D eigenvalue weighted by Crippen LogP contribution is 2.46. The molecule has 1 amide bonds. The average Bonchev–Trinajstić information content (AvgIpc) is 3.51. The molecule has 0 saturated carbocycles. The number of likely N-dealkylation sites (tertiary alicyclic amines) is 1. The number of nitrogens with two attached hydrogens (primary N) is 1. The van der Waals surface area contributed by atoms with E-state index in [2.05, 4.69) is 16.5 Å². The quantitative estimate of drug-likeness (QED) is 0.223. The summed E-state index contributed by atoms with van der Waals surface area (Å²) in [7, 11) is 1.28. The molecule has 1 fully saturated rings. The molecular weight excluding hydrogens is 579 g/mol. The van der Waals surface area contributed by atoms with Crippen molar-refractivity contribution >= 4 is 49.1 Å². The lowest BCUT2D eigenvalue weighted by Gasteiger charge is -2.31. The Hall–Kier alpha value is -4.51. The van der Waals surface area contributed by atoms with Gasteiger partial charge in [-0.25, -0.2) is 8.78 Å². The van der Waals surface area contributed by atoms with Gasteiger partial charge in [-0.05, 0) is 42.3 Å². The normalized spacial score (nSPS) is 17.0. The summed E-state index contributed by atoms with van der Waals surface area (Å²) < 4.78 is 79.2. The largest absolute Gasteiger partial charge is 0.467 e. The molecule has 4 aromatic rings. The number of aromatic nitrogens is 2. The van der Waals surface area contributed by atoms with Gasteiger partial charge >= 0.3 is 12.2 Å². The van der Waals surface area contributed by atoms with Gasteiger partial charge in [0.05, 0.1) is 41.0 Å². The highest BCUT2D eigenvalue weighted by Gasteiger charge is 2.40. The number of ether oxygens (including phenoxy) is 1. The zero-order chi connectivity index (χ0) is 30.5. The van der Waals surface area contributed by atoms with Crippen LogP contribution in [0.4, 0.5) is 32.8 Å². The van der Waals surface area contributed by atoms with Crippen molar-refractivity contribution in [3.05, 3.63) is 53.9 Å². The average molecular weight is 603 g/mol. The zero-order valence-electron chi connectivity index (χ0n) is 22.3. The number of alkyl halides is 4. The number of nitrogen functional groups attached to an aromatic ring is 1. The van der Waals surface area contributed by atoms with E-state index < -0.39 is 35.7 Å².